The van der Waals surface area contributed by atoms with E-state index in [9.17, 15) is 22.8 Å². The number of carbonyl (C=O) groups excluding carboxylic acids is 2. The number of piperazine rings is 1. The summed E-state index contributed by atoms with van der Waals surface area (Å²) in [5.74, 6) is -0.293. The molecule has 10 heteroatoms. The number of hydrogen-bond acceptors (Lipinski definition) is 5. The minimum atomic E-state index is -4.53. The van der Waals surface area contributed by atoms with Crippen LogP contribution in [0.15, 0.2) is 36.5 Å². The maximum Gasteiger partial charge on any atom is 0.433 e. The highest BCUT2D eigenvalue weighted by Crippen LogP contribution is 2.34. The van der Waals surface area contributed by atoms with Crippen molar-refractivity contribution < 1.29 is 22.8 Å². The van der Waals surface area contributed by atoms with Crippen LogP contribution in [0.2, 0.25) is 0 Å². The van der Waals surface area contributed by atoms with Gasteiger partial charge in [-0.25, -0.2) is 4.98 Å². The summed E-state index contributed by atoms with van der Waals surface area (Å²) in [6, 6.07) is 7.70. The molecule has 0 bridgehead atoms. The van der Waals surface area contributed by atoms with Gasteiger partial charge in [0.2, 0.25) is 5.91 Å². The smallest absolute Gasteiger partial charge is 0.339 e. The van der Waals surface area contributed by atoms with Crippen LogP contribution in [-0.4, -0.2) is 57.8 Å². The van der Waals surface area contributed by atoms with E-state index in [1.54, 1.807) is 35.1 Å². The first-order chi connectivity index (χ1) is 14.7. The zero-order valence-electron chi connectivity index (χ0n) is 16.6. The Labute approximate surface area is 180 Å². The summed E-state index contributed by atoms with van der Waals surface area (Å²) in [6.45, 7) is 3.24. The molecule has 0 aromatic carbocycles. The molecule has 0 radical (unpaired) electrons. The Kier molecular flexibility index (Phi) is 5.65. The number of rotatable bonds is 3. The number of thiophene rings is 1. The maximum atomic E-state index is 13.0. The molecule has 0 spiro atoms. The van der Waals surface area contributed by atoms with Gasteiger partial charge >= 0.3 is 6.18 Å². The summed E-state index contributed by atoms with van der Waals surface area (Å²) in [5.41, 5.74) is 0.345. The number of nitrogens with zero attached hydrogens (tertiary/aromatic N) is 4. The van der Waals surface area contributed by atoms with Crippen molar-refractivity contribution in [3.63, 3.8) is 0 Å². The molecule has 1 saturated heterocycles. The van der Waals surface area contributed by atoms with Crippen LogP contribution in [0.4, 0.5) is 13.2 Å². The van der Waals surface area contributed by atoms with Gasteiger partial charge in [0.15, 0.2) is 0 Å². The second-order valence-corrected chi connectivity index (χ2v) is 8.27. The van der Waals surface area contributed by atoms with Crippen molar-refractivity contribution >= 4 is 33.4 Å². The molecule has 0 atom stereocenters. The third kappa shape index (κ3) is 4.39. The van der Waals surface area contributed by atoms with Crippen LogP contribution in [0.5, 0.6) is 0 Å². The van der Waals surface area contributed by atoms with E-state index < -0.39 is 11.9 Å². The van der Waals surface area contributed by atoms with Gasteiger partial charge in [-0.1, -0.05) is 6.07 Å². The zero-order valence-corrected chi connectivity index (χ0v) is 17.5. The molecule has 3 aromatic rings. The van der Waals surface area contributed by atoms with Crippen molar-refractivity contribution in [1.82, 2.24) is 19.8 Å². The molecule has 3 aromatic heterocycles. The van der Waals surface area contributed by atoms with E-state index in [1.165, 1.54) is 6.07 Å². The van der Waals surface area contributed by atoms with Crippen LogP contribution in [0.25, 0.3) is 10.2 Å². The largest absolute Gasteiger partial charge is 0.433 e. The normalized spacial score (nSPS) is 14.8. The number of halogens is 3. The van der Waals surface area contributed by atoms with Crippen molar-refractivity contribution in [2.75, 3.05) is 26.2 Å². The Morgan fingerprint density at radius 1 is 1.06 bits per heavy atom. The highest BCUT2D eigenvalue weighted by atomic mass is 32.1. The Bertz CT molecular complexity index is 1120. The topological polar surface area (TPSA) is 66.4 Å². The Morgan fingerprint density at radius 3 is 2.42 bits per heavy atom. The second kappa shape index (κ2) is 8.26. The summed E-state index contributed by atoms with van der Waals surface area (Å²) >= 11 is 0.974. The Morgan fingerprint density at radius 2 is 1.77 bits per heavy atom. The molecule has 162 valence electrons. The second-order valence-electron chi connectivity index (χ2n) is 7.27. The van der Waals surface area contributed by atoms with Gasteiger partial charge in [-0.05, 0) is 36.8 Å². The number of pyridine rings is 2. The quantitative estimate of drug-likeness (QED) is 0.615. The SMILES string of the molecule is Cc1c(C(=O)N2CCN(C(=O)Cc3ccccn3)CC2)sc2nc(C(F)(F)F)ccc12. The van der Waals surface area contributed by atoms with Gasteiger partial charge in [0, 0.05) is 43.5 Å². The molecule has 0 N–H and O–H groups in total. The van der Waals surface area contributed by atoms with Crippen LogP contribution in [0.1, 0.15) is 26.6 Å². The monoisotopic (exact) mass is 448 g/mol. The third-order valence-corrected chi connectivity index (χ3v) is 6.46. The van der Waals surface area contributed by atoms with Gasteiger partial charge in [0.25, 0.3) is 5.91 Å². The number of amides is 2. The minimum Gasteiger partial charge on any atom is -0.339 e. The van der Waals surface area contributed by atoms with E-state index in [-0.39, 0.29) is 23.1 Å². The highest BCUT2D eigenvalue weighted by Gasteiger charge is 2.33. The highest BCUT2D eigenvalue weighted by molar-refractivity contribution is 7.20. The first-order valence-corrected chi connectivity index (χ1v) is 10.5. The molecule has 1 aliphatic heterocycles. The molecule has 31 heavy (non-hydrogen) atoms. The lowest BCUT2D eigenvalue weighted by Gasteiger charge is -2.34. The average Bonchev–Trinajstić information content (AvgIpc) is 3.09. The molecule has 4 heterocycles. The first kappa shape index (κ1) is 21.2. The van der Waals surface area contributed by atoms with E-state index >= 15 is 0 Å². The molecule has 0 unspecified atom stereocenters. The van der Waals surface area contributed by atoms with Crippen molar-refractivity contribution in [3.8, 4) is 0 Å². The average molecular weight is 448 g/mol. The van der Waals surface area contributed by atoms with Gasteiger partial charge < -0.3 is 9.80 Å². The number of fused-ring (bicyclic) bond motifs is 1. The number of hydrogen-bond donors (Lipinski definition) is 0. The molecule has 4 rings (SSSR count). The maximum absolute atomic E-state index is 13.0. The number of carbonyl (C=O) groups is 2. The third-order valence-electron chi connectivity index (χ3n) is 5.27. The van der Waals surface area contributed by atoms with Gasteiger partial charge in [0.05, 0.1) is 11.3 Å². The number of alkyl halides is 3. The van der Waals surface area contributed by atoms with Crippen LogP contribution in [0.3, 0.4) is 0 Å². The van der Waals surface area contributed by atoms with Gasteiger partial charge in [-0.3, -0.25) is 14.6 Å². The zero-order chi connectivity index (χ0) is 22.2. The summed E-state index contributed by atoms with van der Waals surface area (Å²) in [7, 11) is 0. The fourth-order valence-electron chi connectivity index (χ4n) is 3.53. The fourth-order valence-corrected chi connectivity index (χ4v) is 4.68. The summed E-state index contributed by atoms with van der Waals surface area (Å²) in [5, 5.41) is 0.547. The standard InChI is InChI=1S/C21H19F3N4O2S/c1-13-15-5-6-16(21(22,23)24)26-19(15)31-18(13)20(30)28-10-8-27(9-11-28)17(29)12-14-4-2-3-7-25-14/h2-7H,8-12H2,1H3. The lowest BCUT2D eigenvalue weighted by atomic mass is 10.1. The van der Waals surface area contributed by atoms with Crippen molar-refractivity contribution in [2.24, 2.45) is 0 Å². The predicted octanol–water partition coefficient (Wildman–Crippen LogP) is 3.55. The molecule has 1 aliphatic rings. The van der Waals surface area contributed by atoms with E-state index in [1.807, 2.05) is 6.07 Å². The van der Waals surface area contributed by atoms with Crippen LogP contribution < -0.4 is 0 Å². The fraction of sp³-hybridized carbons (Fsp3) is 0.333. The first-order valence-electron chi connectivity index (χ1n) is 9.68. The summed E-state index contributed by atoms with van der Waals surface area (Å²) in [6.07, 6.45) is -2.69. The lowest BCUT2D eigenvalue weighted by molar-refractivity contribution is -0.141. The Balaban J connectivity index is 1.44. The van der Waals surface area contributed by atoms with Gasteiger partial charge in [-0.2, -0.15) is 13.2 Å². The molecule has 2 amide bonds. The summed E-state index contributed by atoms with van der Waals surface area (Å²) in [4.78, 5) is 37.3. The van der Waals surface area contributed by atoms with Gasteiger partial charge in [0.1, 0.15) is 10.5 Å². The number of aromatic nitrogens is 2. The number of aryl methyl sites for hydroxylation is 1. The van der Waals surface area contributed by atoms with Crippen LogP contribution in [-0.2, 0) is 17.4 Å². The summed E-state index contributed by atoms with van der Waals surface area (Å²) < 4.78 is 38.8. The predicted molar refractivity (Wildman–Crippen MR) is 110 cm³/mol. The molecule has 0 aliphatic carbocycles. The van der Waals surface area contributed by atoms with E-state index in [4.69, 9.17) is 0 Å². The van der Waals surface area contributed by atoms with Crippen molar-refractivity contribution in [3.05, 3.63) is 58.4 Å². The van der Waals surface area contributed by atoms with Gasteiger partial charge in [-0.15, -0.1) is 11.3 Å². The van der Waals surface area contributed by atoms with Crippen LogP contribution >= 0.6 is 11.3 Å². The lowest BCUT2D eigenvalue weighted by Crippen LogP contribution is -2.51. The molecule has 6 nitrogen and oxygen atoms in total. The van der Waals surface area contributed by atoms with E-state index in [0.717, 1.165) is 17.4 Å². The van der Waals surface area contributed by atoms with Crippen LogP contribution in [0, 0.1) is 6.92 Å². The molecular weight excluding hydrogens is 429 g/mol. The van der Waals surface area contributed by atoms with E-state index in [0.29, 0.717) is 47.7 Å². The molecule has 1 fully saturated rings. The Hall–Kier alpha value is -3.01. The minimum absolute atomic E-state index is 0.0484. The molecule has 0 saturated carbocycles. The van der Waals surface area contributed by atoms with Crippen molar-refractivity contribution in [1.29, 1.82) is 0 Å². The van der Waals surface area contributed by atoms with Crippen molar-refractivity contribution in [2.45, 2.75) is 19.5 Å². The van der Waals surface area contributed by atoms with E-state index in [2.05, 4.69) is 9.97 Å². The molecular formula is C21H19F3N4O2S.